The molecule has 0 saturated carbocycles. The fourth-order valence-corrected chi connectivity index (χ4v) is 2.59. The summed E-state index contributed by atoms with van der Waals surface area (Å²) in [7, 11) is -8.64. The first-order valence-electron chi connectivity index (χ1n) is 13.5. The third-order valence-corrected chi connectivity index (χ3v) is 5.88. The van der Waals surface area contributed by atoms with E-state index in [0.717, 1.165) is 0 Å². The summed E-state index contributed by atoms with van der Waals surface area (Å²) >= 11 is 0. The summed E-state index contributed by atoms with van der Waals surface area (Å²) in [5.41, 5.74) is -8.89. The Morgan fingerprint density at radius 2 is 1.00 bits per heavy atom. The van der Waals surface area contributed by atoms with Crippen LogP contribution in [0.25, 0.3) is 0 Å². The molecule has 3 aromatic rings. The molecule has 0 bridgehead atoms. The quantitative estimate of drug-likeness (QED) is 0.0819. The van der Waals surface area contributed by atoms with Gasteiger partial charge < -0.3 is 19.3 Å². The molecular formula is C27H30Ag2F6N10O8S2. The Morgan fingerprint density at radius 1 is 0.727 bits per heavy atom. The molecule has 3 aromatic heterocycles. The van der Waals surface area contributed by atoms with Gasteiger partial charge in [-0.15, -0.1) is 0 Å². The predicted octanol–water partition coefficient (Wildman–Crippen LogP) is 2.66. The number of alkyl halides is 6. The van der Waals surface area contributed by atoms with Crippen molar-refractivity contribution in [3.63, 3.8) is 0 Å². The molecule has 0 spiro atoms. The van der Waals surface area contributed by atoms with Crippen molar-refractivity contribution in [1.82, 2.24) is 19.9 Å². The van der Waals surface area contributed by atoms with Crippen molar-refractivity contribution in [3.8, 4) is 12.1 Å². The fourth-order valence-electron chi connectivity index (χ4n) is 2.59. The van der Waals surface area contributed by atoms with E-state index in [0.29, 0.717) is 40.2 Å². The number of nitriles is 2. The Morgan fingerprint density at radius 3 is 1.24 bits per heavy atom. The largest absolute Gasteiger partial charge is 1.00 e. The summed E-state index contributed by atoms with van der Waals surface area (Å²) in [6.07, 6.45) is 3.19. The van der Waals surface area contributed by atoms with E-state index in [1.54, 1.807) is 85.9 Å². The monoisotopic (exact) mass is 1010 g/mol. The van der Waals surface area contributed by atoms with Crippen LogP contribution in [-0.4, -0.2) is 93.6 Å². The Balaban J connectivity index is -0.000000446. The topological polar surface area (TPSA) is 285 Å². The van der Waals surface area contributed by atoms with Gasteiger partial charge in [-0.25, -0.2) is 36.8 Å². The van der Waals surface area contributed by atoms with Crippen LogP contribution in [0.5, 0.6) is 0 Å². The number of rotatable bonds is 8. The first-order chi connectivity index (χ1) is 24.3. The molecule has 3 heterocycles. The summed E-state index contributed by atoms with van der Waals surface area (Å²) in [6, 6.07) is 16.0. The first kappa shape index (κ1) is 57.8. The molecule has 312 valence electrons. The minimum absolute atomic E-state index is 0. The van der Waals surface area contributed by atoms with E-state index in [9.17, 15) is 36.6 Å². The van der Waals surface area contributed by atoms with Crippen LogP contribution < -0.4 is 10.0 Å². The van der Waals surface area contributed by atoms with Crippen LogP contribution in [0.4, 0.5) is 38.0 Å². The van der Waals surface area contributed by atoms with E-state index < -0.39 is 31.3 Å². The van der Waals surface area contributed by atoms with Gasteiger partial charge in [0.15, 0.2) is 31.9 Å². The molecule has 0 amide bonds. The van der Waals surface area contributed by atoms with Crippen molar-refractivity contribution < 1.29 is 107 Å². The average Bonchev–Trinajstić information content (AvgIpc) is 3.05. The number of nitrogens with zero attached hydrogens (tertiary/aromatic N) is 10. The second-order valence-electron chi connectivity index (χ2n) is 8.84. The van der Waals surface area contributed by atoms with Crippen LogP contribution >= 0.6 is 0 Å². The van der Waals surface area contributed by atoms with Gasteiger partial charge >= 0.3 is 55.8 Å². The van der Waals surface area contributed by atoms with Crippen LogP contribution in [0.15, 0.2) is 52.7 Å². The molecule has 2 N–H and O–H groups in total. The minimum atomic E-state index is -6.09. The van der Waals surface area contributed by atoms with Crippen LogP contribution in [0.2, 0.25) is 0 Å². The van der Waals surface area contributed by atoms with Crippen molar-refractivity contribution in [2.45, 2.75) is 45.0 Å². The molecule has 28 heteroatoms. The van der Waals surface area contributed by atoms with Crippen molar-refractivity contribution in [2.75, 3.05) is 24.1 Å². The number of pyridine rings is 2. The molecule has 0 aliphatic rings. The van der Waals surface area contributed by atoms with E-state index in [2.05, 4.69) is 30.1 Å². The number of anilines is 2. The second-order valence-corrected chi connectivity index (χ2v) is 11.6. The smallest absolute Gasteiger partial charge is 0.741 e. The maximum Gasteiger partial charge on any atom is 1.00 e. The third kappa shape index (κ3) is 25.0. The number of hydrogen-bond acceptors (Lipinski definition) is 18. The minimum Gasteiger partial charge on any atom is -0.741 e. The zero-order valence-electron chi connectivity index (χ0n) is 28.6. The SMILES string of the molecule is CC#N.CC#N.Cc1nc(N(C)/N=C/c2cccc(CO)n2)cc(N(C)/N=C/c2cccc(CO)n2)n1.O=S(=O)([O-])C(F)(F)F.O=S(=O)([O-])C(F)(F)F.[Ag+].[Ag+]. The van der Waals surface area contributed by atoms with Crippen LogP contribution in [0.3, 0.4) is 0 Å². The second kappa shape index (κ2) is 27.6. The van der Waals surface area contributed by atoms with Crippen LogP contribution in [0.1, 0.15) is 42.4 Å². The van der Waals surface area contributed by atoms with E-state index in [1.807, 2.05) is 12.1 Å². The molecule has 0 aromatic carbocycles. The third-order valence-electron chi connectivity index (χ3n) is 4.75. The summed E-state index contributed by atoms with van der Waals surface area (Å²) in [6.45, 7) is 4.40. The fraction of sp³-hybridized carbons (Fsp3) is 0.333. The molecule has 0 aliphatic carbocycles. The summed E-state index contributed by atoms with van der Waals surface area (Å²) in [5, 5.41) is 45.0. The molecule has 0 aliphatic heterocycles. The number of aliphatic hydroxyl groups is 2. The number of aromatic nitrogens is 4. The molecule has 0 atom stereocenters. The number of aryl methyl sites for hydroxylation is 1. The van der Waals surface area contributed by atoms with E-state index in [4.69, 9.17) is 36.5 Å². The standard InChI is InChI=1S/C21H24N8O2.2C2H3N.2CHF3O3S.2Ag/c1-15-24-20(28(2)22-11-16-6-4-8-18(13-30)26-16)10-21(25-15)29(3)23-12-17-7-5-9-19(14-31)27-17;2*1-2-3;2*2-1(3,4)8(5,6)7;;/h4-12,30-31H,13-14H2,1-3H3;2*1H3;2*(H,5,6,7);;/q;;;;;2*+1/p-2/b22-11+,23-12+;;;;;;. The zero-order chi connectivity index (χ0) is 41.6. The van der Waals surface area contributed by atoms with Crippen LogP contribution in [-0.2, 0) is 78.2 Å². The molecule has 18 nitrogen and oxygen atoms in total. The summed E-state index contributed by atoms with van der Waals surface area (Å²) in [4.78, 5) is 17.4. The average molecular weight is 1020 g/mol. The number of hydrazone groups is 2. The summed E-state index contributed by atoms with van der Waals surface area (Å²) < 4.78 is 118. The van der Waals surface area contributed by atoms with Gasteiger partial charge in [0.1, 0.15) is 5.82 Å². The van der Waals surface area contributed by atoms with Crippen molar-refractivity contribution in [2.24, 2.45) is 10.2 Å². The van der Waals surface area contributed by atoms with Gasteiger partial charge in [0.25, 0.3) is 0 Å². The number of aliphatic hydroxyl groups excluding tert-OH is 2. The maximum atomic E-state index is 10.7. The Hall–Kier alpha value is -3.90. The van der Waals surface area contributed by atoms with Crippen molar-refractivity contribution in [3.05, 3.63) is 71.1 Å². The molecule has 0 radical (unpaired) electrons. The molecule has 0 saturated heterocycles. The Bertz CT molecular complexity index is 1830. The van der Waals surface area contributed by atoms with Gasteiger partial charge in [0.2, 0.25) is 0 Å². The van der Waals surface area contributed by atoms with Crippen LogP contribution in [0, 0.1) is 29.6 Å². The molecule has 3 rings (SSSR count). The van der Waals surface area contributed by atoms with Gasteiger partial charge in [-0.05, 0) is 31.2 Å². The van der Waals surface area contributed by atoms with E-state index >= 15 is 0 Å². The molecule has 0 unspecified atom stereocenters. The normalized spacial score (nSPS) is 10.8. The Labute approximate surface area is 342 Å². The Kier molecular flexibility index (Phi) is 29.1. The van der Waals surface area contributed by atoms with Gasteiger partial charge in [-0.2, -0.15) is 47.1 Å². The first-order valence-corrected chi connectivity index (χ1v) is 16.3. The number of hydrogen-bond donors (Lipinski definition) is 2. The van der Waals surface area contributed by atoms with E-state index in [-0.39, 0.29) is 58.0 Å². The molecule has 55 heavy (non-hydrogen) atoms. The van der Waals surface area contributed by atoms with Gasteiger partial charge in [-0.1, -0.05) is 12.1 Å². The van der Waals surface area contributed by atoms with Gasteiger partial charge in [0.05, 0.1) is 60.6 Å². The summed E-state index contributed by atoms with van der Waals surface area (Å²) in [5.74, 6) is 1.73. The predicted molar refractivity (Wildman–Crippen MR) is 173 cm³/mol. The van der Waals surface area contributed by atoms with Gasteiger partial charge in [-0.3, -0.25) is 10.0 Å². The van der Waals surface area contributed by atoms with Gasteiger partial charge in [0, 0.05) is 34.0 Å². The maximum absolute atomic E-state index is 10.7. The molecule has 0 fully saturated rings. The number of halogens is 6. The van der Waals surface area contributed by atoms with Crippen molar-refractivity contribution >= 4 is 44.3 Å². The zero-order valence-corrected chi connectivity index (χ0v) is 33.2. The molecular weight excluding hydrogens is 986 g/mol. The van der Waals surface area contributed by atoms with E-state index in [1.165, 1.54) is 13.8 Å². The van der Waals surface area contributed by atoms with Crippen molar-refractivity contribution in [1.29, 1.82) is 10.5 Å².